The van der Waals surface area contributed by atoms with Crippen molar-refractivity contribution in [1.29, 1.82) is 0 Å². The number of carbonyl (C=O) groups excluding carboxylic acids is 1. The highest BCUT2D eigenvalue weighted by molar-refractivity contribution is 5.74. The molecule has 1 atom stereocenters. The second kappa shape index (κ2) is 5.53. The van der Waals surface area contributed by atoms with E-state index in [1.807, 2.05) is 0 Å². The van der Waals surface area contributed by atoms with Crippen molar-refractivity contribution in [3.63, 3.8) is 0 Å². The molecule has 2 aliphatic rings. The Morgan fingerprint density at radius 3 is 2.62 bits per heavy atom. The summed E-state index contributed by atoms with van der Waals surface area (Å²) in [6.07, 6.45) is 6.26. The molecule has 1 aliphatic carbocycles. The topological polar surface area (TPSA) is 44.4 Å². The summed E-state index contributed by atoms with van der Waals surface area (Å²) in [5.74, 6) is 0. The van der Waals surface area contributed by atoms with E-state index in [1.54, 1.807) is 0 Å². The Hall–Kier alpha value is -0.770. The maximum atomic E-state index is 11.4. The lowest BCUT2D eigenvalue weighted by Crippen LogP contribution is -2.47. The second-order valence-corrected chi connectivity index (χ2v) is 5.07. The van der Waals surface area contributed by atoms with Crippen LogP contribution in [0.15, 0.2) is 0 Å². The van der Waals surface area contributed by atoms with Crippen molar-refractivity contribution in [2.75, 3.05) is 19.6 Å². The number of nitrogens with zero attached hydrogens (tertiary/aromatic N) is 1. The van der Waals surface area contributed by atoms with Gasteiger partial charge in [0.25, 0.3) is 0 Å². The van der Waals surface area contributed by atoms with Gasteiger partial charge in [-0.1, -0.05) is 6.42 Å². The molecule has 0 aromatic rings. The summed E-state index contributed by atoms with van der Waals surface area (Å²) in [5.41, 5.74) is 0. The molecule has 4 nitrogen and oxygen atoms in total. The molecule has 2 rings (SSSR count). The minimum Gasteiger partial charge on any atom is -0.337 e. The number of rotatable bonds is 4. The Kier molecular flexibility index (Phi) is 4.04. The smallest absolute Gasteiger partial charge is 0.315 e. The van der Waals surface area contributed by atoms with Gasteiger partial charge in [-0.3, -0.25) is 4.90 Å². The number of piperidine rings is 1. The van der Waals surface area contributed by atoms with Crippen molar-refractivity contribution in [2.24, 2.45) is 0 Å². The predicted octanol–water partition coefficient (Wildman–Crippen LogP) is 1.32. The van der Waals surface area contributed by atoms with E-state index in [4.69, 9.17) is 0 Å². The first kappa shape index (κ1) is 11.7. The summed E-state index contributed by atoms with van der Waals surface area (Å²) in [5, 5.41) is 5.90. The van der Waals surface area contributed by atoms with Crippen LogP contribution in [0.25, 0.3) is 0 Å². The second-order valence-electron chi connectivity index (χ2n) is 5.07. The number of hydrogen-bond donors (Lipinski definition) is 2. The molecular weight excluding hydrogens is 202 g/mol. The Morgan fingerprint density at radius 2 is 2.00 bits per heavy atom. The quantitative estimate of drug-likeness (QED) is 0.758. The highest BCUT2D eigenvalue weighted by atomic mass is 16.2. The van der Waals surface area contributed by atoms with Gasteiger partial charge in [0.2, 0.25) is 0 Å². The van der Waals surface area contributed by atoms with Gasteiger partial charge in [-0.2, -0.15) is 0 Å². The maximum Gasteiger partial charge on any atom is 0.315 e. The number of hydrogen-bond acceptors (Lipinski definition) is 2. The average Bonchev–Trinajstić information content (AvgIpc) is 3.11. The van der Waals surface area contributed by atoms with Crippen LogP contribution in [0, 0.1) is 0 Å². The first-order chi connectivity index (χ1) is 7.75. The highest BCUT2D eigenvalue weighted by Crippen LogP contribution is 2.18. The fourth-order valence-corrected chi connectivity index (χ4v) is 2.19. The Labute approximate surface area is 97.8 Å². The van der Waals surface area contributed by atoms with Crippen molar-refractivity contribution in [2.45, 2.75) is 51.1 Å². The summed E-state index contributed by atoms with van der Waals surface area (Å²) < 4.78 is 0. The van der Waals surface area contributed by atoms with Crippen molar-refractivity contribution >= 4 is 6.03 Å². The van der Waals surface area contributed by atoms with Crippen LogP contribution < -0.4 is 10.6 Å². The van der Waals surface area contributed by atoms with Gasteiger partial charge in [0.1, 0.15) is 0 Å². The van der Waals surface area contributed by atoms with Crippen LogP contribution in [0.2, 0.25) is 0 Å². The standard InChI is InChI=1S/C12H23N3O/c1-10(15-7-3-2-4-8-15)9-13-12(16)14-11-5-6-11/h10-11H,2-9H2,1H3,(H2,13,14,16). The molecule has 0 bridgehead atoms. The van der Waals surface area contributed by atoms with Gasteiger partial charge in [0, 0.05) is 18.6 Å². The zero-order valence-corrected chi connectivity index (χ0v) is 10.2. The molecule has 16 heavy (non-hydrogen) atoms. The van der Waals surface area contributed by atoms with Gasteiger partial charge in [0.05, 0.1) is 0 Å². The van der Waals surface area contributed by atoms with E-state index in [-0.39, 0.29) is 6.03 Å². The molecule has 1 saturated heterocycles. The molecule has 2 fully saturated rings. The Bertz CT molecular complexity index is 234. The number of likely N-dealkylation sites (tertiary alicyclic amines) is 1. The molecule has 1 heterocycles. The zero-order chi connectivity index (χ0) is 11.4. The van der Waals surface area contributed by atoms with Crippen LogP contribution in [0.4, 0.5) is 4.79 Å². The third-order valence-electron chi connectivity index (χ3n) is 3.48. The van der Waals surface area contributed by atoms with Gasteiger partial charge in [-0.25, -0.2) is 4.79 Å². The van der Waals surface area contributed by atoms with E-state index in [9.17, 15) is 4.79 Å². The summed E-state index contributed by atoms with van der Waals surface area (Å²) in [7, 11) is 0. The Morgan fingerprint density at radius 1 is 1.31 bits per heavy atom. The summed E-state index contributed by atoms with van der Waals surface area (Å²) in [6, 6.07) is 0.918. The molecule has 2 amide bonds. The molecule has 0 radical (unpaired) electrons. The highest BCUT2D eigenvalue weighted by Gasteiger charge is 2.23. The number of amides is 2. The van der Waals surface area contributed by atoms with E-state index in [0.29, 0.717) is 12.1 Å². The van der Waals surface area contributed by atoms with E-state index >= 15 is 0 Å². The minimum atomic E-state index is 0.00589. The summed E-state index contributed by atoms with van der Waals surface area (Å²) >= 11 is 0. The molecule has 1 unspecified atom stereocenters. The number of urea groups is 1. The number of carbonyl (C=O) groups is 1. The van der Waals surface area contributed by atoms with Crippen molar-refractivity contribution in [1.82, 2.24) is 15.5 Å². The zero-order valence-electron chi connectivity index (χ0n) is 10.2. The van der Waals surface area contributed by atoms with E-state index in [0.717, 1.165) is 19.4 Å². The normalized spacial score (nSPS) is 23.8. The van der Waals surface area contributed by atoms with E-state index in [2.05, 4.69) is 22.5 Å². The third-order valence-corrected chi connectivity index (χ3v) is 3.48. The van der Waals surface area contributed by atoms with Crippen LogP contribution in [-0.2, 0) is 0 Å². The monoisotopic (exact) mass is 225 g/mol. The first-order valence-corrected chi connectivity index (χ1v) is 6.54. The average molecular weight is 225 g/mol. The summed E-state index contributed by atoms with van der Waals surface area (Å²) in [6.45, 7) is 5.33. The lowest BCUT2D eigenvalue weighted by atomic mass is 10.1. The SMILES string of the molecule is CC(CNC(=O)NC1CC1)N1CCCCC1. The van der Waals surface area contributed by atoms with Crippen molar-refractivity contribution < 1.29 is 4.79 Å². The Balaban J connectivity index is 1.61. The van der Waals surface area contributed by atoms with Gasteiger partial charge in [-0.15, -0.1) is 0 Å². The molecule has 0 spiro atoms. The molecule has 4 heteroatoms. The largest absolute Gasteiger partial charge is 0.337 e. The van der Waals surface area contributed by atoms with Gasteiger partial charge < -0.3 is 10.6 Å². The van der Waals surface area contributed by atoms with Crippen LogP contribution in [0.5, 0.6) is 0 Å². The predicted molar refractivity (Wildman–Crippen MR) is 64.4 cm³/mol. The van der Waals surface area contributed by atoms with Crippen LogP contribution in [-0.4, -0.2) is 42.6 Å². The van der Waals surface area contributed by atoms with Crippen LogP contribution in [0.3, 0.4) is 0 Å². The third kappa shape index (κ3) is 3.67. The lowest BCUT2D eigenvalue weighted by Gasteiger charge is -2.32. The fraction of sp³-hybridized carbons (Fsp3) is 0.917. The molecule has 0 aromatic heterocycles. The lowest BCUT2D eigenvalue weighted by molar-refractivity contribution is 0.170. The van der Waals surface area contributed by atoms with Gasteiger partial charge >= 0.3 is 6.03 Å². The van der Waals surface area contributed by atoms with Crippen LogP contribution >= 0.6 is 0 Å². The maximum absolute atomic E-state index is 11.4. The van der Waals surface area contributed by atoms with Crippen molar-refractivity contribution in [3.8, 4) is 0 Å². The van der Waals surface area contributed by atoms with E-state index < -0.39 is 0 Å². The van der Waals surface area contributed by atoms with Crippen molar-refractivity contribution in [3.05, 3.63) is 0 Å². The molecule has 1 aliphatic heterocycles. The van der Waals surface area contributed by atoms with E-state index in [1.165, 1.54) is 32.4 Å². The fourth-order valence-electron chi connectivity index (χ4n) is 2.19. The molecule has 0 aromatic carbocycles. The first-order valence-electron chi connectivity index (χ1n) is 6.54. The molecular formula is C12H23N3O. The van der Waals surface area contributed by atoms with Gasteiger partial charge in [0.15, 0.2) is 0 Å². The number of nitrogens with one attached hydrogen (secondary N) is 2. The molecule has 1 saturated carbocycles. The summed E-state index contributed by atoms with van der Waals surface area (Å²) in [4.78, 5) is 13.9. The molecule has 2 N–H and O–H groups in total. The van der Waals surface area contributed by atoms with Crippen LogP contribution in [0.1, 0.15) is 39.0 Å². The minimum absolute atomic E-state index is 0.00589. The molecule has 92 valence electrons. The van der Waals surface area contributed by atoms with Gasteiger partial charge in [-0.05, 0) is 45.7 Å².